The molecule has 0 radical (unpaired) electrons. The molecule has 0 unspecified atom stereocenters. The minimum absolute atomic E-state index is 0.0158. The van der Waals surface area contributed by atoms with Gasteiger partial charge in [0.05, 0.1) is 12.3 Å². The number of fused-ring (bicyclic) bond motifs is 6. The summed E-state index contributed by atoms with van der Waals surface area (Å²) in [4.78, 5) is 0. The average Bonchev–Trinajstić information content (AvgIpc) is 3.68. The van der Waals surface area contributed by atoms with Crippen LogP contribution in [0.1, 0.15) is 12.3 Å². The predicted octanol–water partition coefficient (Wildman–Crippen LogP) is 13.7. The van der Waals surface area contributed by atoms with Crippen LogP contribution in [0.4, 0.5) is 0 Å². The molecule has 0 aliphatic heterocycles. The Morgan fingerprint density at radius 2 is 0.816 bits per heavy atom. The Hall–Kier alpha value is -6.44. The van der Waals surface area contributed by atoms with E-state index >= 15 is 0 Å². The number of furan rings is 1. The van der Waals surface area contributed by atoms with Crippen molar-refractivity contribution >= 4 is 54.3 Å². The van der Waals surface area contributed by atoms with Crippen LogP contribution in [0.5, 0.6) is 0 Å². The highest BCUT2D eigenvalue weighted by molar-refractivity contribution is 6.22. The van der Waals surface area contributed by atoms with Crippen LogP contribution in [0.15, 0.2) is 186 Å². The molecule has 0 saturated heterocycles. The van der Waals surface area contributed by atoms with Gasteiger partial charge in [-0.05, 0) is 119 Å². The van der Waals surface area contributed by atoms with Crippen molar-refractivity contribution in [1.29, 1.82) is 0 Å². The SMILES string of the molecule is [2H]c1c([2H])c([2H])c2c([2H])c3c(oc4c([2H])c(-c5c6ccccc6c(-c6cc(-c7ccccc7)cc(-c7ccccc7)c6)c6ccccc56)c([2H])c([2H])c43)c([2H])c2c1[2H]. The number of rotatable bonds is 4. The van der Waals surface area contributed by atoms with Gasteiger partial charge in [0.25, 0.3) is 0 Å². The number of hydrogen-bond acceptors (Lipinski definition) is 1. The Morgan fingerprint density at radius 1 is 0.347 bits per heavy atom. The molecule has 9 aromatic carbocycles. The zero-order valence-corrected chi connectivity index (χ0v) is 26.0. The molecule has 0 bridgehead atoms. The summed E-state index contributed by atoms with van der Waals surface area (Å²) < 4.78 is 86.6. The Balaban J connectivity index is 1.31. The van der Waals surface area contributed by atoms with Gasteiger partial charge in [-0.1, -0.05) is 139 Å². The molecule has 0 spiro atoms. The molecule has 0 aliphatic carbocycles. The van der Waals surface area contributed by atoms with Gasteiger partial charge in [0.15, 0.2) is 0 Å². The molecule has 0 aliphatic rings. The summed E-state index contributed by atoms with van der Waals surface area (Å²) >= 11 is 0. The highest BCUT2D eigenvalue weighted by Crippen LogP contribution is 2.46. The summed E-state index contributed by atoms with van der Waals surface area (Å²) in [5, 5.41) is 2.89. The Kier molecular flexibility index (Phi) is 4.53. The van der Waals surface area contributed by atoms with E-state index in [9.17, 15) is 4.11 Å². The first-order valence-electron chi connectivity index (χ1n) is 20.6. The third-order valence-corrected chi connectivity index (χ3v) is 9.25. The quantitative estimate of drug-likeness (QED) is 0.176. The second-order valence-corrected chi connectivity index (χ2v) is 12.1. The number of benzene rings is 9. The number of hydrogen-bond donors (Lipinski definition) is 0. The van der Waals surface area contributed by atoms with Crippen LogP contribution in [0.25, 0.3) is 98.8 Å². The molecular weight excluding hydrogens is 593 g/mol. The summed E-state index contributed by atoms with van der Waals surface area (Å²) in [7, 11) is 0. The Morgan fingerprint density at radius 3 is 1.39 bits per heavy atom. The maximum atomic E-state index is 9.68. The molecule has 10 rings (SSSR count). The minimum Gasteiger partial charge on any atom is -0.456 e. The van der Waals surface area contributed by atoms with Crippen LogP contribution in [-0.2, 0) is 0 Å². The lowest BCUT2D eigenvalue weighted by Gasteiger charge is -2.19. The van der Waals surface area contributed by atoms with Crippen LogP contribution in [0.3, 0.4) is 0 Å². The maximum absolute atomic E-state index is 9.68. The van der Waals surface area contributed by atoms with E-state index in [-0.39, 0.29) is 68.5 Å². The zero-order chi connectivity index (χ0) is 40.1. The fourth-order valence-electron chi connectivity index (χ4n) is 7.05. The monoisotopic (exact) mass is 631 g/mol. The molecule has 0 atom stereocenters. The van der Waals surface area contributed by atoms with Gasteiger partial charge >= 0.3 is 0 Å². The normalized spacial score (nSPS) is 14.2. The average molecular weight is 632 g/mol. The lowest BCUT2D eigenvalue weighted by atomic mass is 9.84. The van der Waals surface area contributed by atoms with Crippen LogP contribution in [-0.4, -0.2) is 0 Å². The predicted molar refractivity (Wildman–Crippen MR) is 208 cm³/mol. The lowest BCUT2D eigenvalue weighted by molar-refractivity contribution is 0.669. The van der Waals surface area contributed by atoms with Crippen molar-refractivity contribution in [1.82, 2.24) is 0 Å². The lowest BCUT2D eigenvalue weighted by Crippen LogP contribution is -1.92. The molecule has 49 heavy (non-hydrogen) atoms. The first-order chi connectivity index (χ1) is 28.1. The molecule has 0 N–H and O–H groups in total. The third kappa shape index (κ3) is 4.55. The molecular formula is C48H30O. The van der Waals surface area contributed by atoms with E-state index in [4.69, 9.17) is 12.6 Å². The van der Waals surface area contributed by atoms with Gasteiger partial charge in [0.1, 0.15) is 11.2 Å². The Bertz CT molecular complexity index is 3260. The van der Waals surface area contributed by atoms with Crippen molar-refractivity contribution < 1.29 is 16.8 Å². The van der Waals surface area contributed by atoms with Crippen molar-refractivity contribution in [3.8, 4) is 44.5 Å². The minimum atomic E-state index is -0.543. The zero-order valence-electron chi connectivity index (χ0n) is 35.0. The molecule has 0 saturated carbocycles. The van der Waals surface area contributed by atoms with Gasteiger partial charge in [-0.2, -0.15) is 0 Å². The highest BCUT2D eigenvalue weighted by Gasteiger charge is 2.19. The third-order valence-electron chi connectivity index (χ3n) is 9.25. The van der Waals surface area contributed by atoms with Gasteiger partial charge in [-0.15, -0.1) is 0 Å². The molecule has 228 valence electrons. The van der Waals surface area contributed by atoms with Crippen LogP contribution in [0.2, 0.25) is 0 Å². The van der Waals surface area contributed by atoms with Gasteiger partial charge in [0.2, 0.25) is 0 Å². The van der Waals surface area contributed by atoms with E-state index < -0.39 is 24.2 Å². The highest BCUT2D eigenvalue weighted by atomic mass is 16.3. The summed E-state index contributed by atoms with van der Waals surface area (Å²) in [6.07, 6.45) is 0. The van der Waals surface area contributed by atoms with Crippen LogP contribution < -0.4 is 0 Å². The van der Waals surface area contributed by atoms with Crippen molar-refractivity contribution in [2.24, 2.45) is 0 Å². The first kappa shape index (κ1) is 20.0. The Labute approximate surface area is 297 Å². The fourth-order valence-corrected chi connectivity index (χ4v) is 7.05. The molecule has 1 heterocycles. The van der Waals surface area contributed by atoms with E-state index in [1.165, 1.54) is 0 Å². The van der Waals surface area contributed by atoms with Crippen LogP contribution in [0, 0.1) is 0 Å². The van der Waals surface area contributed by atoms with E-state index in [2.05, 4.69) is 42.5 Å². The van der Waals surface area contributed by atoms with Crippen LogP contribution >= 0.6 is 0 Å². The van der Waals surface area contributed by atoms with E-state index in [0.29, 0.717) is 5.56 Å². The smallest absolute Gasteiger partial charge is 0.136 e. The second kappa shape index (κ2) is 11.1. The second-order valence-electron chi connectivity index (χ2n) is 12.1. The largest absolute Gasteiger partial charge is 0.456 e. The van der Waals surface area contributed by atoms with Gasteiger partial charge < -0.3 is 4.42 Å². The van der Waals surface area contributed by atoms with Gasteiger partial charge in [-0.3, -0.25) is 0 Å². The standard InChI is InChI=1S/C48H30O/c1-3-13-31(14-4-1)36-25-37(32-15-5-2-6-16-32)27-38(26-36)48-42-21-11-9-19-40(42)47(41-20-10-12-22-43(41)48)35-23-24-39-44-28-33-17-7-8-18-34(33)29-46(44)49-45(39)30-35/h1-30H/i7D,8D,17D,18D,23D,24D,28D,29D,30D. The van der Waals surface area contributed by atoms with Gasteiger partial charge in [-0.25, -0.2) is 0 Å². The van der Waals surface area contributed by atoms with Crippen molar-refractivity contribution in [3.63, 3.8) is 0 Å². The molecule has 0 fully saturated rings. The van der Waals surface area contributed by atoms with Gasteiger partial charge in [0, 0.05) is 10.8 Å². The van der Waals surface area contributed by atoms with Crippen molar-refractivity contribution in [2.45, 2.75) is 0 Å². The topological polar surface area (TPSA) is 13.1 Å². The molecule has 1 aromatic heterocycles. The van der Waals surface area contributed by atoms with Crippen molar-refractivity contribution in [3.05, 3.63) is 182 Å². The first-order valence-corrected chi connectivity index (χ1v) is 16.1. The summed E-state index contributed by atoms with van der Waals surface area (Å²) in [5.74, 6) is 0. The van der Waals surface area contributed by atoms with E-state index in [0.717, 1.165) is 54.9 Å². The molecule has 0 amide bonds. The molecule has 1 nitrogen and oxygen atoms in total. The summed E-state index contributed by atoms with van der Waals surface area (Å²) in [5.41, 5.74) is 6.67. The molecule has 1 heteroatoms. The fraction of sp³-hybridized carbons (Fsp3) is 0. The van der Waals surface area contributed by atoms with E-state index in [1.54, 1.807) is 0 Å². The maximum Gasteiger partial charge on any atom is 0.136 e. The molecule has 10 aromatic rings. The summed E-state index contributed by atoms with van der Waals surface area (Å²) in [6.45, 7) is 0. The van der Waals surface area contributed by atoms with Crippen molar-refractivity contribution in [2.75, 3.05) is 0 Å². The van der Waals surface area contributed by atoms with E-state index in [1.807, 2.05) is 84.9 Å². The summed E-state index contributed by atoms with van der Waals surface area (Å²) in [6, 6.07) is 39.3.